The molecule has 104 valence electrons. The van der Waals surface area contributed by atoms with Crippen LogP contribution in [0, 0.1) is 17.7 Å². The van der Waals surface area contributed by atoms with E-state index < -0.39 is 22.4 Å². The highest BCUT2D eigenvalue weighted by Gasteiger charge is 2.19. The van der Waals surface area contributed by atoms with Crippen molar-refractivity contribution >= 4 is 15.8 Å². The number of aliphatic hydroxyl groups excluding tert-OH is 1. The SMILES string of the molecule is O=S(=O)(Nc1ccon1)c1ccc(F)cc1C#CCO. The number of halogens is 1. The molecule has 0 radical (unpaired) electrons. The Bertz CT molecular complexity index is 760. The van der Waals surface area contributed by atoms with E-state index >= 15 is 0 Å². The van der Waals surface area contributed by atoms with E-state index in [0.29, 0.717) is 0 Å². The molecule has 0 aliphatic carbocycles. The molecule has 2 rings (SSSR count). The van der Waals surface area contributed by atoms with Gasteiger partial charge in [0.15, 0.2) is 5.82 Å². The molecular weight excluding hydrogens is 287 g/mol. The zero-order valence-electron chi connectivity index (χ0n) is 10.00. The predicted octanol–water partition coefficient (Wildman–Crippen LogP) is 0.958. The van der Waals surface area contributed by atoms with Crippen molar-refractivity contribution in [1.29, 1.82) is 0 Å². The number of sulfonamides is 1. The van der Waals surface area contributed by atoms with E-state index in [1.807, 2.05) is 0 Å². The highest BCUT2D eigenvalue weighted by Crippen LogP contribution is 2.19. The summed E-state index contributed by atoms with van der Waals surface area (Å²) in [4.78, 5) is -0.220. The van der Waals surface area contributed by atoms with Crippen LogP contribution in [0.25, 0.3) is 0 Å². The topological polar surface area (TPSA) is 92.4 Å². The minimum absolute atomic E-state index is 0.00427. The van der Waals surface area contributed by atoms with Crippen LogP contribution < -0.4 is 4.72 Å². The fraction of sp³-hybridized carbons (Fsp3) is 0.0833. The lowest BCUT2D eigenvalue weighted by molar-refractivity contribution is 0.350. The minimum Gasteiger partial charge on any atom is -0.384 e. The van der Waals surface area contributed by atoms with Gasteiger partial charge in [-0.2, -0.15) is 0 Å². The Hall–Kier alpha value is -2.37. The van der Waals surface area contributed by atoms with Crippen LogP contribution in [0.4, 0.5) is 10.2 Å². The molecule has 6 nitrogen and oxygen atoms in total. The molecule has 0 spiro atoms. The van der Waals surface area contributed by atoms with Crippen LogP contribution in [0.2, 0.25) is 0 Å². The van der Waals surface area contributed by atoms with Gasteiger partial charge in [-0.15, -0.1) is 0 Å². The molecule has 0 saturated carbocycles. The van der Waals surface area contributed by atoms with E-state index in [1.165, 1.54) is 12.3 Å². The van der Waals surface area contributed by atoms with Crippen molar-refractivity contribution in [1.82, 2.24) is 5.16 Å². The van der Waals surface area contributed by atoms with Crippen molar-refractivity contribution in [3.63, 3.8) is 0 Å². The number of benzene rings is 1. The van der Waals surface area contributed by atoms with E-state index in [4.69, 9.17) is 5.11 Å². The molecule has 0 fully saturated rings. The number of hydrogen-bond donors (Lipinski definition) is 2. The molecule has 0 aliphatic rings. The van der Waals surface area contributed by atoms with Gasteiger partial charge >= 0.3 is 0 Å². The second-order valence-electron chi connectivity index (χ2n) is 3.59. The predicted molar refractivity (Wildman–Crippen MR) is 67.7 cm³/mol. The Kier molecular flexibility index (Phi) is 4.02. The van der Waals surface area contributed by atoms with Gasteiger partial charge in [-0.25, -0.2) is 12.8 Å². The molecule has 2 N–H and O–H groups in total. The van der Waals surface area contributed by atoms with E-state index in [-0.39, 0.29) is 16.3 Å². The zero-order valence-corrected chi connectivity index (χ0v) is 10.8. The van der Waals surface area contributed by atoms with Gasteiger partial charge in [0.05, 0.1) is 0 Å². The number of hydrogen-bond acceptors (Lipinski definition) is 5. The van der Waals surface area contributed by atoms with E-state index in [9.17, 15) is 12.8 Å². The number of aliphatic hydroxyl groups is 1. The lowest BCUT2D eigenvalue weighted by Gasteiger charge is -2.07. The van der Waals surface area contributed by atoms with Gasteiger partial charge in [0.2, 0.25) is 0 Å². The first-order valence-corrected chi connectivity index (χ1v) is 6.84. The van der Waals surface area contributed by atoms with Crippen LogP contribution in [0.3, 0.4) is 0 Å². The fourth-order valence-corrected chi connectivity index (χ4v) is 2.56. The van der Waals surface area contributed by atoms with Gasteiger partial charge in [-0.3, -0.25) is 4.72 Å². The number of aromatic nitrogens is 1. The Morgan fingerprint density at radius 2 is 2.20 bits per heavy atom. The summed E-state index contributed by atoms with van der Waals surface area (Å²) in [5.74, 6) is 4.03. The highest BCUT2D eigenvalue weighted by molar-refractivity contribution is 7.92. The molecule has 8 heteroatoms. The molecule has 0 bridgehead atoms. The van der Waals surface area contributed by atoms with Crippen molar-refractivity contribution < 1.29 is 22.4 Å². The largest absolute Gasteiger partial charge is 0.384 e. The van der Waals surface area contributed by atoms with Gasteiger partial charge < -0.3 is 9.63 Å². The smallest absolute Gasteiger partial charge is 0.264 e. The summed E-state index contributed by atoms with van der Waals surface area (Å²) in [6.45, 7) is -0.466. The summed E-state index contributed by atoms with van der Waals surface area (Å²) in [6, 6.07) is 4.38. The molecule has 0 atom stereocenters. The second-order valence-corrected chi connectivity index (χ2v) is 5.24. The third-order valence-corrected chi connectivity index (χ3v) is 3.62. The summed E-state index contributed by atoms with van der Waals surface area (Å²) < 4.78 is 44.1. The van der Waals surface area contributed by atoms with Gasteiger partial charge in [0, 0.05) is 11.6 Å². The monoisotopic (exact) mass is 296 g/mol. The molecule has 2 aromatic rings. The molecule has 0 aliphatic heterocycles. The third-order valence-electron chi connectivity index (χ3n) is 2.21. The van der Waals surface area contributed by atoms with Gasteiger partial charge in [0.1, 0.15) is 23.6 Å². The first-order valence-electron chi connectivity index (χ1n) is 5.35. The van der Waals surface area contributed by atoms with E-state index in [1.54, 1.807) is 0 Å². The Balaban J connectivity index is 2.45. The second kappa shape index (κ2) is 5.73. The van der Waals surface area contributed by atoms with Crippen LogP contribution in [-0.4, -0.2) is 25.3 Å². The van der Waals surface area contributed by atoms with E-state index in [0.717, 1.165) is 18.2 Å². The molecule has 1 heterocycles. The molecule has 0 unspecified atom stereocenters. The van der Waals surface area contributed by atoms with Crippen LogP contribution in [0.15, 0.2) is 39.9 Å². The molecule has 1 aromatic heterocycles. The third kappa shape index (κ3) is 3.14. The fourth-order valence-electron chi connectivity index (χ4n) is 1.43. The Morgan fingerprint density at radius 1 is 1.40 bits per heavy atom. The molecule has 1 aromatic carbocycles. The number of anilines is 1. The maximum Gasteiger partial charge on any atom is 0.264 e. The maximum absolute atomic E-state index is 13.2. The molecule has 20 heavy (non-hydrogen) atoms. The first-order chi connectivity index (χ1) is 9.53. The highest BCUT2D eigenvalue weighted by atomic mass is 32.2. The summed E-state index contributed by atoms with van der Waals surface area (Å²) >= 11 is 0. The van der Waals surface area contributed by atoms with Crippen LogP contribution in [0.5, 0.6) is 0 Å². The summed E-state index contributed by atoms with van der Waals surface area (Å²) in [5, 5.41) is 12.1. The van der Waals surface area contributed by atoms with Crippen molar-refractivity contribution in [3.8, 4) is 11.8 Å². The van der Waals surface area contributed by atoms with Crippen LogP contribution in [0.1, 0.15) is 5.56 Å². The first kappa shape index (κ1) is 14.0. The minimum atomic E-state index is -3.98. The van der Waals surface area contributed by atoms with E-state index in [2.05, 4.69) is 26.2 Å². The summed E-state index contributed by atoms with van der Waals surface area (Å²) in [5.41, 5.74) is -0.0601. The normalized spacial score (nSPS) is 10.7. The summed E-state index contributed by atoms with van der Waals surface area (Å²) in [6.07, 6.45) is 1.20. The van der Waals surface area contributed by atoms with Gasteiger partial charge in [0.25, 0.3) is 10.0 Å². The van der Waals surface area contributed by atoms with Crippen LogP contribution in [-0.2, 0) is 10.0 Å². The molecular formula is C12H9FN2O4S. The van der Waals surface area contributed by atoms with Gasteiger partial charge in [-0.1, -0.05) is 17.0 Å². The lowest BCUT2D eigenvalue weighted by atomic mass is 10.2. The van der Waals surface area contributed by atoms with Crippen LogP contribution >= 0.6 is 0 Å². The average Bonchev–Trinajstić information content (AvgIpc) is 2.88. The van der Waals surface area contributed by atoms with Gasteiger partial charge in [-0.05, 0) is 18.2 Å². The maximum atomic E-state index is 13.2. The molecule has 0 saturated heterocycles. The van der Waals surface area contributed by atoms with Crippen molar-refractivity contribution in [2.24, 2.45) is 0 Å². The Morgan fingerprint density at radius 3 is 2.85 bits per heavy atom. The van der Waals surface area contributed by atoms with Crippen molar-refractivity contribution in [3.05, 3.63) is 41.9 Å². The number of nitrogens with one attached hydrogen (secondary N) is 1. The molecule has 0 amide bonds. The quantitative estimate of drug-likeness (QED) is 0.823. The summed E-state index contributed by atoms with van der Waals surface area (Å²) in [7, 11) is -3.98. The average molecular weight is 296 g/mol. The van der Waals surface area contributed by atoms with Crippen molar-refractivity contribution in [2.45, 2.75) is 4.90 Å². The standard InChI is InChI=1S/C12H9FN2O4S/c13-10-3-4-11(9(8-10)2-1-6-16)20(17,18)15-12-5-7-19-14-12/h3-5,7-8,16H,6H2,(H,14,15). The Labute approximate surface area is 114 Å². The number of rotatable bonds is 3. The lowest BCUT2D eigenvalue weighted by Crippen LogP contribution is -2.14. The zero-order chi connectivity index (χ0) is 14.6. The van der Waals surface area contributed by atoms with Crippen molar-refractivity contribution in [2.75, 3.05) is 11.3 Å². The number of nitrogens with zero attached hydrogens (tertiary/aromatic N) is 1.